The highest BCUT2D eigenvalue weighted by atomic mass is 35.5. The predicted molar refractivity (Wildman–Crippen MR) is 77.4 cm³/mol. The van der Waals surface area contributed by atoms with Crippen LogP contribution in [-0.2, 0) is 0 Å². The van der Waals surface area contributed by atoms with Gasteiger partial charge in [0.05, 0.1) is 5.02 Å². The number of aliphatic hydroxyl groups is 1. The molecule has 1 fully saturated rings. The lowest BCUT2D eigenvalue weighted by atomic mass is 9.99. The van der Waals surface area contributed by atoms with E-state index < -0.39 is 0 Å². The fraction of sp³-hybridized carbons (Fsp3) is 0.538. The number of nitrogens with two attached hydrogens (primary N) is 1. The summed E-state index contributed by atoms with van der Waals surface area (Å²) < 4.78 is 0. The standard InChI is InChI=1S/C13H19ClN4O2/c14-10-4-5-11(17-15)16-12(10)13(20)18-7-2-1-3-9(18)6-8-19/h4-5,9,19H,1-3,6-8,15H2,(H,16,17). The van der Waals surface area contributed by atoms with Crippen molar-refractivity contribution in [2.24, 2.45) is 5.84 Å². The number of nitrogen functional groups attached to an aromatic ring is 1. The molecule has 0 aliphatic carbocycles. The molecule has 1 saturated heterocycles. The Bertz CT molecular complexity index is 481. The number of anilines is 1. The van der Waals surface area contributed by atoms with Crippen molar-refractivity contribution in [2.75, 3.05) is 18.6 Å². The van der Waals surface area contributed by atoms with E-state index >= 15 is 0 Å². The number of pyridine rings is 1. The molecule has 1 aliphatic heterocycles. The lowest BCUT2D eigenvalue weighted by Gasteiger charge is -2.35. The molecule has 20 heavy (non-hydrogen) atoms. The molecule has 1 atom stereocenters. The number of aromatic nitrogens is 1. The largest absolute Gasteiger partial charge is 0.396 e. The first kappa shape index (κ1) is 15.0. The highest BCUT2D eigenvalue weighted by Gasteiger charge is 2.29. The minimum absolute atomic E-state index is 0.0496. The maximum absolute atomic E-state index is 12.6. The maximum Gasteiger partial charge on any atom is 0.274 e. The number of nitrogens with zero attached hydrogens (tertiary/aromatic N) is 2. The Kier molecular flexibility index (Phi) is 5.17. The number of carbonyl (C=O) groups excluding carboxylic acids is 1. The van der Waals surface area contributed by atoms with Crippen LogP contribution < -0.4 is 11.3 Å². The van der Waals surface area contributed by atoms with Gasteiger partial charge in [0, 0.05) is 19.2 Å². The fourth-order valence-corrected chi connectivity index (χ4v) is 2.71. The molecule has 7 heteroatoms. The van der Waals surface area contributed by atoms with E-state index in [1.807, 2.05) is 0 Å². The number of hydrogen-bond donors (Lipinski definition) is 3. The van der Waals surface area contributed by atoms with Gasteiger partial charge in [0.2, 0.25) is 0 Å². The quantitative estimate of drug-likeness (QED) is 0.577. The van der Waals surface area contributed by atoms with Crippen LogP contribution in [0.3, 0.4) is 0 Å². The molecule has 1 amide bonds. The molecule has 1 aromatic rings. The van der Waals surface area contributed by atoms with Crippen molar-refractivity contribution >= 4 is 23.3 Å². The number of likely N-dealkylation sites (tertiary alicyclic amines) is 1. The van der Waals surface area contributed by atoms with E-state index in [0.717, 1.165) is 19.3 Å². The number of hydrazine groups is 1. The first-order valence-corrected chi connectivity index (χ1v) is 7.10. The molecule has 6 nitrogen and oxygen atoms in total. The highest BCUT2D eigenvalue weighted by Crippen LogP contribution is 2.24. The second-order valence-electron chi connectivity index (χ2n) is 4.83. The summed E-state index contributed by atoms with van der Waals surface area (Å²) in [4.78, 5) is 18.5. The van der Waals surface area contributed by atoms with Gasteiger partial charge in [-0.1, -0.05) is 11.6 Å². The van der Waals surface area contributed by atoms with Crippen LogP contribution in [0.2, 0.25) is 5.02 Å². The molecule has 0 radical (unpaired) electrons. The van der Waals surface area contributed by atoms with Gasteiger partial charge in [0.15, 0.2) is 0 Å². The molecule has 0 spiro atoms. The van der Waals surface area contributed by atoms with E-state index in [4.69, 9.17) is 22.6 Å². The second-order valence-corrected chi connectivity index (χ2v) is 5.24. The molecular weight excluding hydrogens is 280 g/mol. The molecule has 2 rings (SSSR count). The van der Waals surface area contributed by atoms with Gasteiger partial charge in [0.25, 0.3) is 5.91 Å². The van der Waals surface area contributed by atoms with E-state index in [9.17, 15) is 4.79 Å². The minimum atomic E-state index is -0.203. The molecule has 1 aromatic heterocycles. The van der Waals surface area contributed by atoms with Crippen molar-refractivity contribution < 1.29 is 9.90 Å². The van der Waals surface area contributed by atoms with Crippen LogP contribution in [0.4, 0.5) is 5.82 Å². The van der Waals surface area contributed by atoms with Crippen LogP contribution >= 0.6 is 11.6 Å². The summed E-state index contributed by atoms with van der Waals surface area (Å²) in [6, 6.07) is 3.26. The van der Waals surface area contributed by atoms with Crippen molar-refractivity contribution in [2.45, 2.75) is 31.7 Å². The van der Waals surface area contributed by atoms with Gasteiger partial charge in [-0.15, -0.1) is 0 Å². The lowest BCUT2D eigenvalue weighted by Crippen LogP contribution is -2.44. The van der Waals surface area contributed by atoms with E-state index in [1.165, 1.54) is 0 Å². The fourth-order valence-electron chi connectivity index (χ4n) is 2.53. The van der Waals surface area contributed by atoms with Gasteiger partial charge in [-0.25, -0.2) is 10.8 Å². The Morgan fingerprint density at radius 2 is 2.35 bits per heavy atom. The number of piperidine rings is 1. The topological polar surface area (TPSA) is 91.5 Å². The second kappa shape index (κ2) is 6.88. The number of hydrogen-bond acceptors (Lipinski definition) is 5. The SMILES string of the molecule is NNc1ccc(Cl)c(C(=O)N2CCCCC2CCO)n1. The third-order valence-electron chi connectivity index (χ3n) is 3.55. The smallest absolute Gasteiger partial charge is 0.274 e. The number of aliphatic hydroxyl groups excluding tert-OH is 1. The van der Waals surface area contributed by atoms with E-state index in [-0.39, 0.29) is 24.2 Å². The molecule has 0 saturated carbocycles. The van der Waals surface area contributed by atoms with Gasteiger partial charge < -0.3 is 15.4 Å². The monoisotopic (exact) mass is 298 g/mol. The number of nitrogens with one attached hydrogen (secondary N) is 1. The number of amides is 1. The van der Waals surface area contributed by atoms with Crippen LogP contribution in [-0.4, -0.2) is 40.1 Å². The summed E-state index contributed by atoms with van der Waals surface area (Å²) in [7, 11) is 0. The molecule has 1 unspecified atom stereocenters. The van der Waals surface area contributed by atoms with E-state index in [2.05, 4.69) is 10.4 Å². The number of carbonyl (C=O) groups is 1. The van der Waals surface area contributed by atoms with Crippen LogP contribution in [0.15, 0.2) is 12.1 Å². The van der Waals surface area contributed by atoms with Gasteiger partial charge in [-0.2, -0.15) is 0 Å². The average Bonchev–Trinajstić information content (AvgIpc) is 2.48. The van der Waals surface area contributed by atoms with Gasteiger partial charge >= 0.3 is 0 Å². The van der Waals surface area contributed by atoms with Crippen molar-refractivity contribution in [1.29, 1.82) is 0 Å². The van der Waals surface area contributed by atoms with Crippen LogP contribution in [0.5, 0.6) is 0 Å². The molecule has 0 bridgehead atoms. The Labute approximate surface area is 122 Å². The Hall–Kier alpha value is -1.37. The molecule has 110 valence electrons. The van der Waals surface area contributed by atoms with Crippen molar-refractivity contribution in [1.82, 2.24) is 9.88 Å². The lowest BCUT2D eigenvalue weighted by molar-refractivity contribution is 0.0569. The summed E-state index contributed by atoms with van der Waals surface area (Å²) in [5.41, 5.74) is 2.61. The molecule has 2 heterocycles. The summed E-state index contributed by atoms with van der Waals surface area (Å²) in [6.07, 6.45) is 3.51. The average molecular weight is 299 g/mol. The van der Waals surface area contributed by atoms with Crippen molar-refractivity contribution in [3.8, 4) is 0 Å². The van der Waals surface area contributed by atoms with Crippen LogP contribution in [0.25, 0.3) is 0 Å². The molecule has 1 aliphatic rings. The maximum atomic E-state index is 12.6. The predicted octanol–water partition coefficient (Wildman–Crippen LogP) is 1.40. The summed E-state index contributed by atoms with van der Waals surface area (Å²) in [6.45, 7) is 0.738. The zero-order valence-electron chi connectivity index (χ0n) is 11.2. The van der Waals surface area contributed by atoms with Gasteiger partial charge in [0.1, 0.15) is 11.5 Å². The highest BCUT2D eigenvalue weighted by molar-refractivity contribution is 6.33. The molecule has 0 aromatic carbocycles. The van der Waals surface area contributed by atoms with Crippen LogP contribution in [0.1, 0.15) is 36.2 Å². The third kappa shape index (κ3) is 3.20. The van der Waals surface area contributed by atoms with E-state index in [0.29, 0.717) is 23.8 Å². The first-order chi connectivity index (χ1) is 9.67. The zero-order chi connectivity index (χ0) is 14.5. The number of halogens is 1. The van der Waals surface area contributed by atoms with Crippen molar-refractivity contribution in [3.05, 3.63) is 22.8 Å². The van der Waals surface area contributed by atoms with Gasteiger partial charge in [-0.05, 0) is 37.8 Å². The van der Waals surface area contributed by atoms with E-state index in [1.54, 1.807) is 17.0 Å². The number of rotatable bonds is 4. The Morgan fingerprint density at radius 3 is 3.05 bits per heavy atom. The summed E-state index contributed by atoms with van der Waals surface area (Å²) in [5, 5.41) is 9.43. The van der Waals surface area contributed by atoms with Crippen molar-refractivity contribution in [3.63, 3.8) is 0 Å². The van der Waals surface area contributed by atoms with Gasteiger partial charge in [-0.3, -0.25) is 4.79 Å². The normalized spacial score (nSPS) is 18.9. The summed E-state index contributed by atoms with van der Waals surface area (Å²) >= 11 is 6.06. The molecule has 4 N–H and O–H groups in total. The van der Waals surface area contributed by atoms with Crippen LogP contribution in [0, 0.1) is 0 Å². The Morgan fingerprint density at radius 1 is 1.55 bits per heavy atom. The third-order valence-corrected chi connectivity index (χ3v) is 3.85. The zero-order valence-corrected chi connectivity index (χ0v) is 11.9. The first-order valence-electron chi connectivity index (χ1n) is 6.72. The molecular formula is C13H19ClN4O2. The summed E-state index contributed by atoms with van der Waals surface area (Å²) in [5.74, 6) is 5.50. The Balaban J connectivity index is 2.24. The minimum Gasteiger partial charge on any atom is -0.396 e.